The van der Waals surface area contributed by atoms with Crippen molar-refractivity contribution in [2.45, 2.75) is 30.6 Å². The van der Waals surface area contributed by atoms with Gasteiger partial charge in [-0.2, -0.15) is 0 Å². The lowest BCUT2D eigenvalue weighted by Gasteiger charge is -2.23. The van der Waals surface area contributed by atoms with E-state index in [9.17, 15) is 18.0 Å². The fraction of sp³-hybridized carbons (Fsp3) is 0.259. The molecule has 1 fully saturated rings. The van der Waals surface area contributed by atoms with Gasteiger partial charge < -0.3 is 10.2 Å². The van der Waals surface area contributed by atoms with Crippen molar-refractivity contribution in [2.75, 3.05) is 29.8 Å². The molecule has 35 heavy (non-hydrogen) atoms. The Morgan fingerprint density at radius 3 is 2.03 bits per heavy atom. The van der Waals surface area contributed by atoms with Crippen molar-refractivity contribution in [3.05, 3.63) is 90.0 Å². The van der Waals surface area contributed by atoms with Crippen molar-refractivity contribution in [3.63, 3.8) is 0 Å². The standard InChI is InChI=1S/C27H29N3O4S/c1-29(35(33,34)21-13-5-4-6-14-21)25-18-10-8-16-23(25)26(31)28-24-17-9-7-15-22(24)27(32)30-19-11-2-3-12-20-30/h4-10,13-18H,2-3,11-12,19-20H2,1H3,(H,28,31). The predicted molar refractivity (Wildman–Crippen MR) is 137 cm³/mol. The number of likely N-dealkylation sites (tertiary alicyclic amines) is 1. The number of rotatable bonds is 6. The second-order valence-electron chi connectivity index (χ2n) is 8.51. The zero-order chi connectivity index (χ0) is 24.8. The molecule has 3 aromatic carbocycles. The highest BCUT2D eigenvalue weighted by atomic mass is 32.2. The van der Waals surface area contributed by atoms with Crippen LogP contribution < -0.4 is 9.62 Å². The molecule has 7 nitrogen and oxygen atoms in total. The molecule has 3 aromatic rings. The normalized spacial score (nSPS) is 14.1. The highest BCUT2D eigenvalue weighted by molar-refractivity contribution is 7.92. The third-order valence-corrected chi connectivity index (χ3v) is 7.97. The van der Waals surface area contributed by atoms with Crippen molar-refractivity contribution in [3.8, 4) is 0 Å². The van der Waals surface area contributed by atoms with Crippen LogP contribution in [0.1, 0.15) is 46.4 Å². The number of nitrogens with zero attached hydrogens (tertiary/aromatic N) is 2. The maximum Gasteiger partial charge on any atom is 0.264 e. The Labute approximate surface area is 206 Å². The number of nitrogens with one attached hydrogen (secondary N) is 1. The van der Waals surface area contributed by atoms with Crippen LogP contribution >= 0.6 is 0 Å². The first kappa shape index (κ1) is 24.5. The van der Waals surface area contributed by atoms with E-state index < -0.39 is 15.9 Å². The molecule has 182 valence electrons. The number of carbonyl (C=O) groups excluding carboxylic acids is 2. The monoisotopic (exact) mass is 491 g/mol. The van der Waals surface area contributed by atoms with Gasteiger partial charge in [0.15, 0.2) is 0 Å². The second kappa shape index (κ2) is 10.7. The fourth-order valence-corrected chi connectivity index (χ4v) is 5.47. The smallest absolute Gasteiger partial charge is 0.264 e. The van der Waals surface area contributed by atoms with Crippen LogP contribution in [0.15, 0.2) is 83.8 Å². The first-order chi connectivity index (χ1) is 16.9. The van der Waals surface area contributed by atoms with E-state index in [-0.39, 0.29) is 22.1 Å². The van der Waals surface area contributed by atoms with E-state index in [1.165, 1.54) is 19.2 Å². The second-order valence-corrected chi connectivity index (χ2v) is 10.5. The molecule has 0 saturated carbocycles. The summed E-state index contributed by atoms with van der Waals surface area (Å²) in [5, 5.41) is 2.84. The van der Waals surface area contributed by atoms with Crippen LogP contribution in [0.2, 0.25) is 0 Å². The zero-order valence-corrected chi connectivity index (χ0v) is 20.5. The molecule has 0 bridgehead atoms. The Hall–Kier alpha value is -3.65. The summed E-state index contributed by atoms with van der Waals surface area (Å²) in [4.78, 5) is 28.6. The van der Waals surface area contributed by atoms with Gasteiger partial charge in [0.2, 0.25) is 0 Å². The lowest BCUT2D eigenvalue weighted by Crippen LogP contribution is -2.32. The lowest BCUT2D eigenvalue weighted by molar-refractivity contribution is 0.0762. The molecule has 0 spiro atoms. The summed E-state index contributed by atoms with van der Waals surface area (Å²) in [5.74, 6) is -0.605. The molecule has 1 N–H and O–H groups in total. The van der Waals surface area contributed by atoms with Gasteiger partial charge in [0.05, 0.1) is 27.4 Å². The van der Waals surface area contributed by atoms with Gasteiger partial charge in [-0.1, -0.05) is 55.3 Å². The zero-order valence-electron chi connectivity index (χ0n) is 19.7. The number of hydrogen-bond donors (Lipinski definition) is 1. The summed E-state index contributed by atoms with van der Waals surface area (Å²) in [6.45, 7) is 1.40. The third kappa shape index (κ3) is 5.38. The topological polar surface area (TPSA) is 86.8 Å². The Bertz CT molecular complexity index is 1300. The Balaban J connectivity index is 1.61. The molecule has 2 amide bonds. The van der Waals surface area contributed by atoms with Crippen molar-refractivity contribution >= 4 is 33.2 Å². The van der Waals surface area contributed by atoms with Gasteiger partial charge in [0, 0.05) is 20.1 Å². The van der Waals surface area contributed by atoms with E-state index in [1.807, 2.05) is 4.90 Å². The molecule has 0 aromatic heterocycles. The van der Waals surface area contributed by atoms with Gasteiger partial charge in [-0.15, -0.1) is 0 Å². The first-order valence-corrected chi connectivity index (χ1v) is 13.2. The van der Waals surface area contributed by atoms with Crippen molar-refractivity contribution in [1.29, 1.82) is 0 Å². The molecule has 0 atom stereocenters. The molecule has 1 saturated heterocycles. The molecule has 8 heteroatoms. The summed E-state index contributed by atoms with van der Waals surface area (Å²) in [5.41, 5.74) is 1.25. The molecule has 0 aliphatic carbocycles. The molecular formula is C27H29N3O4S. The van der Waals surface area contributed by atoms with Crippen molar-refractivity contribution in [2.24, 2.45) is 0 Å². The summed E-state index contributed by atoms with van der Waals surface area (Å²) in [7, 11) is -2.45. The highest BCUT2D eigenvalue weighted by Crippen LogP contribution is 2.27. The van der Waals surface area contributed by atoms with Gasteiger partial charge in [0.25, 0.3) is 21.8 Å². The summed E-state index contributed by atoms with van der Waals surface area (Å²) >= 11 is 0. The molecule has 4 rings (SSSR count). The van der Waals surface area contributed by atoms with Crippen LogP contribution in [-0.4, -0.2) is 45.3 Å². The SMILES string of the molecule is CN(c1ccccc1C(=O)Nc1ccccc1C(=O)N1CCCCCC1)S(=O)(=O)c1ccccc1. The lowest BCUT2D eigenvalue weighted by atomic mass is 10.1. The van der Waals surface area contributed by atoms with Gasteiger partial charge in [-0.25, -0.2) is 8.42 Å². The Morgan fingerprint density at radius 1 is 0.771 bits per heavy atom. The largest absolute Gasteiger partial charge is 0.339 e. The van der Waals surface area contributed by atoms with Gasteiger partial charge in [-0.05, 0) is 49.2 Å². The third-order valence-electron chi connectivity index (χ3n) is 6.19. The number of amides is 2. The molecule has 1 aliphatic rings. The summed E-state index contributed by atoms with van der Waals surface area (Å²) in [6.07, 6.45) is 4.16. The van der Waals surface area contributed by atoms with Crippen LogP contribution in [-0.2, 0) is 10.0 Å². The highest BCUT2D eigenvalue weighted by Gasteiger charge is 2.26. The average molecular weight is 492 g/mol. The molecule has 0 unspecified atom stereocenters. The van der Waals surface area contributed by atoms with Crippen molar-refractivity contribution < 1.29 is 18.0 Å². The minimum atomic E-state index is -3.87. The molecule has 1 aliphatic heterocycles. The van der Waals surface area contributed by atoms with Gasteiger partial charge in [0.1, 0.15) is 0 Å². The molecular weight excluding hydrogens is 462 g/mol. The summed E-state index contributed by atoms with van der Waals surface area (Å²) < 4.78 is 27.4. The van der Waals surface area contributed by atoms with Crippen LogP contribution in [0.3, 0.4) is 0 Å². The van der Waals surface area contributed by atoms with E-state index >= 15 is 0 Å². The van der Waals surface area contributed by atoms with Crippen LogP contribution in [0, 0.1) is 0 Å². The number of sulfonamides is 1. The number of carbonyl (C=O) groups is 2. The number of hydrogen-bond acceptors (Lipinski definition) is 4. The number of para-hydroxylation sites is 2. The minimum Gasteiger partial charge on any atom is -0.339 e. The van der Waals surface area contributed by atoms with E-state index in [1.54, 1.807) is 66.7 Å². The quantitative estimate of drug-likeness (QED) is 0.538. The average Bonchev–Trinajstić information content (AvgIpc) is 3.18. The molecule has 0 radical (unpaired) electrons. The Morgan fingerprint density at radius 2 is 1.34 bits per heavy atom. The van der Waals surface area contributed by atoms with Crippen LogP contribution in [0.5, 0.6) is 0 Å². The first-order valence-electron chi connectivity index (χ1n) is 11.7. The van der Waals surface area contributed by atoms with Crippen molar-refractivity contribution in [1.82, 2.24) is 4.90 Å². The maximum atomic E-state index is 13.4. The fourth-order valence-electron chi connectivity index (χ4n) is 4.23. The van der Waals surface area contributed by atoms with Gasteiger partial charge >= 0.3 is 0 Å². The molecule has 1 heterocycles. The number of anilines is 2. The van der Waals surface area contributed by atoms with Crippen LogP contribution in [0.4, 0.5) is 11.4 Å². The van der Waals surface area contributed by atoms with E-state index in [0.717, 1.165) is 30.0 Å². The minimum absolute atomic E-state index is 0.111. The maximum absolute atomic E-state index is 13.4. The van der Waals surface area contributed by atoms with Crippen LogP contribution in [0.25, 0.3) is 0 Å². The summed E-state index contributed by atoms with van der Waals surface area (Å²) in [6, 6.07) is 21.5. The predicted octanol–water partition coefficient (Wildman–Crippen LogP) is 4.78. The van der Waals surface area contributed by atoms with E-state index in [4.69, 9.17) is 0 Å². The van der Waals surface area contributed by atoms with E-state index in [0.29, 0.717) is 24.3 Å². The Kier molecular flexibility index (Phi) is 7.51. The number of benzene rings is 3. The van der Waals surface area contributed by atoms with Gasteiger partial charge in [-0.3, -0.25) is 13.9 Å². The van der Waals surface area contributed by atoms with E-state index in [2.05, 4.69) is 5.32 Å².